The summed E-state index contributed by atoms with van der Waals surface area (Å²) in [5.74, 6) is -1.19. The minimum Gasteiger partial charge on any atom is -0.297 e. The van der Waals surface area contributed by atoms with Gasteiger partial charge in [-0.2, -0.15) is 17.6 Å². The lowest BCUT2D eigenvalue weighted by Gasteiger charge is -2.24. The van der Waals surface area contributed by atoms with Crippen molar-refractivity contribution in [2.75, 3.05) is 0 Å². The molecule has 2 aromatic carbocycles. The van der Waals surface area contributed by atoms with Crippen molar-refractivity contribution in [2.45, 2.75) is 38.9 Å². The zero-order valence-corrected chi connectivity index (χ0v) is 17.1. The maximum atomic E-state index is 14.5. The van der Waals surface area contributed by atoms with Crippen molar-refractivity contribution in [1.29, 1.82) is 0 Å². The number of aryl methyl sites for hydroxylation is 1. The van der Waals surface area contributed by atoms with E-state index in [0.29, 0.717) is 5.56 Å². The molecule has 0 aliphatic rings. The van der Waals surface area contributed by atoms with E-state index >= 15 is 0 Å². The Labute approximate surface area is 176 Å². The largest absolute Gasteiger partial charge is 0.407 e. The van der Waals surface area contributed by atoms with E-state index in [0.717, 1.165) is 17.7 Å². The van der Waals surface area contributed by atoms with Crippen molar-refractivity contribution in [2.24, 2.45) is 0 Å². The number of carbonyl (C=O) groups is 1. The molecule has 31 heavy (non-hydrogen) atoms. The lowest BCUT2D eigenvalue weighted by atomic mass is 9.92. The summed E-state index contributed by atoms with van der Waals surface area (Å²) in [6.45, 7) is 11.9. The first-order valence-electron chi connectivity index (χ1n) is 9.37. The molecule has 3 rings (SSSR count). The Morgan fingerprint density at radius 1 is 1.13 bits per heavy atom. The van der Waals surface area contributed by atoms with E-state index in [1.54, 1.807) is 12.1 Å². The first-order valence-corrected chi connectivity index (χ1v) is 9.37. The number of carbonyl (C=O) groups excluding carboxylic acids is 1. The molecule has 0 radical (unpaired) electrons. The highest BCUT2D eigenvalue weighted by molar-refractivity contribution is 5.88. The molecule has 0 saturated carbocycles. The van der Waals surface area contributed by atoms with Crippen molar-refractivity contribution >= 4 is 11.5 Å². The number of Topliss-reactive ketones (excluding diaryl/α,β-unsaturated/α-hetero) is 1. The molecule has 0 aliphatic carbocycles. The van der Waals surface area contributed by atoms with Crippen LogP contribution in [0.15, 0.2) is 48.7 Å². The Bertz CT molecular complexity index is 1170. The van der Waals surface area contributed by atoms with Gasteiger partial charge in [-0.25, -0.2) is 4.85 Å². The van der Waals surface area contributed by atoms with Crippen LogP contribution >= 0.6 is 0 Å². The third kappa shape index (κ3) is 4.50. The molecule has 0 spiro atoms. The van der Waals surface area contributed by atoms with Crippen LogP contribution in [0, 0.1) is 19.4 Å². The number of hydrogen-bond donors (Lipinski definition) is 0. The van der Waals surface area contributed by atoms with Crippen LogP contribution in [0.5, 0.6) is 0 Å². The second-order valence-corrected chi connectivity index (χ2v) is 7.76. The topological polar surface area (TPSA) is 39.2 Å². The summed E-state index contributed by atoms with van der Waals surface area (Å²) in [4.78, 5) is 15.8. The molecule has 8 heteroatoms. The van der Waals surface area contributed by atoms with Gasteiger partial charge in [-0.05, 0) is 31.9 Å². The molecule has 0 fully saturated rings. The summed E-state index contributed by atoms with van der Waals surface area (Å²) in [6.07, 6.45) is -3.61. The third-order valence-corrected chi connectivity index (χ3v) is 5.14. The van der Waals surface area contributed by atoms with Gasteiger partial charge in [-0.1, -0.05) is 48.0 Å². The smallest absolute Gasteiger partial charge is 0.297 e. The molecule has 4 nitrogen and oxygen atoms in total. The number of aromatic nitrogens is 2. The molecule has 0 amide bonds. The van der Waals surface area contributed by atoms with Crippen LogP contribution in [-0.2, 0) is 22.9 Å². The van der Waals surface area contributed by atoms with Gasteiger partial charge in [0.1, 0.15) is 5.54 Å². The number of ketones is 1. The van der Waals surface area contributed by atoms with Gasteiger partial charge in [-0.15, -0.1) is 5.10 Å². The molecular formula is C23H19F4N3O. The van der Waals surface area contributed by atoms with E-state index in [2.05, 4.69) is 9.94 Å². The monoisotopic (exact) mass is 429 g/mol. The first kappa shape index (κ1) is 22.2. The normalized spacial score (nSPS) is 11.9. The highest BCUT2D eigenvalue weighted by Gasteiger charge is 2.35. The zero-order chi connectivity index (χ0) is 23.0. The van der Waals surface area contributed by atoms with Gasteiger partial charge in [0.05, 0.1) is 17.7 Å². The average molecular weight is 429 g/mol. The van der Waals surface area contributed by atoms with Crippen LogP contribution < -0.4 is 0 Å². The van der Waals surface area contributed by atoms with Gasteiger partial charge in [-0.3, -0.25) is 9.48 Å². The second-order valence-electron chi connectivity index (χ2n) is 7.76. The van der Waals surface area contributed by atoms with E-state index in [9.17, 15) is 22.4 Å². The van der Waals surface area contributed by atoms with Crippen molar-refractivity contribution in [3.05, 3.63) is 82.7 Å². The van der Waals surface area contributed by atoms with E-state index in [4.69, 9.17) is 6.57 Å². The van der Waals surface area contributed by atoms with Crippen LogP contribution in [0.25, 0.3) is 16.0 Å². The summed E-state index contributed by atoms with van der Waals surface area (Å²) in [7, 11) is 0. The maximum Gasteiger partial charge on any atom is 0.407 e. The van der Waals surface area contributed by atoms with E-state index < -0.39 is 34.7 Å². The van der Waals surface area contributed by atoms with Crippen molar-refractivity contribution in [1.82, 2.24) is 9.78 Å². The number of benzene rings is 2. The van der Waals surface area contributed by atoms with Crippen molar-refractivity contribution in [3.8, 4) is 11.1 Å². The SMILES string of the molecule is [C-]#[N+]c1ccc(CC(=O)C(C)(C)n2cc(-c3ccc(C)cc3)c(F)n2)cc1C(F)(F)F. The molecule has 0 saturated heterocycles. The van der Waals surface area contributed by atoms with Gasteiger partial charge in [0.25, 0.3) is 0 Å². The minimum absolute atomic E-state index is 0.115. The van der Waals surface area contributed by atoms with Gasteiger partial charge in [0.2, 0.25) is 5.95 Å². The number of nitrogens with zero attached hydrogens (tertiary/aromatic N) is 3. The number of halogens is 4. The van der Waals surface area contributed by atoms with E-state index in [-0.39, 0.29) is 17.5 Å². The Balaban J connectivity index is 1.90. The number of hydrogen-bond acceptors (Lipinski definition) is 2. The molecular weight excluding hydrogens is 410 g/mol. The summed E-state index contributed by atoms with van der Waals surface area (Å²) in [5.41, 5.74) is -0.972. The molecule has 0 N–H and O–H groups in total. The van der Waals surface area contributed by atoms with Gasteiger partial charge < -0.3 is 0 Å². The summed E-state index contributed by atoms with van der Waals surface area (Å²) >= 11 is 0. The van der Waals surface area contributed by atoms with Crippen molar-refractivity contribution in [3.63, 3.8) is 0 Å². The van der Waals surface area contributed by atoms with E-state index in [1.165, 1.54) is 30.8 Å². The number of alkyl halides is 3. The Hall–Kier alpha value is -3.47. The Kier molecular flexibility index (Phi) is 5.72. The Morgan fingerprint density at radius 3 is 2.35 bits per heavy atom. The van der Waals surface area contributed by atoms with Crippen LogP contribution in [-0.4, -0.2) is 15.6 Å². The molecule has 0 unspecified atom stereocenters. The van der Waals surface area contributed by atoms with Crippen LogP contribution in [0.2, 0.25) is 0 Å². The van der Waals surface area contributed by atoms with Crippen molar-refractivity contribution < 1.29 is 22.4 Å². The highest BCUT2D eigenvalue weighted by Crippen LogP contribution is 2.37. The van der Waals surface area contributed by atoms with Gasteiger partial charge in [0, 0.05) is 12.6 Å². The first-order chi connectivity index (χ1) is 14.4. The van der Waals surface area contributed by atoms with E-state index in [1.807, 2.05) is 19.1 Å². The van der Waals surface area contributed by atoms with Crippen LogP contribution in [0.3, 0.4) is 0 Å². The number of rotatable bonds is 5. The predicted molar refractivity (Wildman–Crippen MR) is 108 cm³/mol. The zero-order valence-electron chi connectivity index (χ0n) is 17.1. The standard InChI is InChI=1S/C23H19F4N3O/c1-14-5-8-16(9-6-14)17-13-30(29-21(17)24)22(2,3)20(31)12-15-7-10-19(28-4)18(11-15)23(25,26)27/h5-11,13H,12H2,1-3H3. The quantitative estimate of drug-likeness (QED) is 0.362. The molecule has 0 atom stereocenters. The average Bonchev–Trinajstić information content (AvgIpc) is 3.10. The van der Waals surface area contributed by atoms with Crippen LogP contribution in [0.4, 0.5) is 23.2 Å². The highest BCUT2D eigenvalue weighted by atomic mass is 19.4. The second kappa shape index (κ2) is 7.99. The molecule has 1 aromatic heterocycles. The fraction of sp³-hybridized carbons (Fsp3) is 0.261. The predicted octanol–water partition coefficient (Wildman–Crippen LogP) is 6.11. The fourth-order valence-electron chi connectivity index (χ4n) is 3.11. The summed E-state index contributed by atoms with van der Waals surface area (Å²) < 4.78 is 55.3. The van der Waals surface area contributed by atoms with Gasteiger partial charge in [0.15, 0.2) is 11.5 Å². The lowest BCUT2D eigenvalue weighted by molar-refractivity contribution is -0.137. The summed E-state index contributed by atoms with van der Waals surface area (Å²) in [6, 6.07) is 10.3. The molecule has 0 bridgehead atoms. The molecule has 0 aliphatic heterocycles. The molecule has 3 aromatic rings. The maximum absolute atomic E-state index is 14.5. The molecule has 160 valence electrons. The third-order valence-electron chi connectivity index (χ3n) is 5.14. The lowest BCUT2D eigenvalue weighted by Crippen LogP contribution is -2.37. The van der Waals surface area contributed by atoms with Crippen LogP contribution in [0.1, 0.15) is 30.5 Å². The minimum atomic E-state index is -4.71. The summed E-state index contributed by atoms with van der Waals surface area (Å²) in [5, 5.41) is 3.84. The van der Waals surface area contributed by atoms with Gasteiger partial charge >= 0.3 is 6.18 Å². The fourth-order valence-corrected chi connectivity index (χ4v) is 3.11. The molecule has 1 heterocycles. The Morgan fingerprint density at radius 2 is 1.77 bits per heavy atom.